The number of thiophene rings is 1. The predicted molar refractivity (Wildman–Crippen MR) is 101 cm³/mol. The summed E-state index contributed by atoms with van der Waals surface area (Å²) in [4.78, 5) is 1.56. The van der Waals surface area contributed by atoms with Crippen molar-refractivity contribution >= 4 is 51.0 Å². The van der Waals surface area contributed by atoms with E-state index in [2.05, 4.69) is 40.3 Å². The summed E-state index contributed by atoms with van der Waals surface area (Å²) in [5, 5.41) is 3.14. The first-order chi connectivity index (χ1) is 10.7. The summed E-state index contributed by atoms with van der Waals surface area (Å²) in [5.41, 5.74) is 7.98. The number of rotatable bonds is 5. The lowest BCUT2D eigenvalue weighted by Crippen LogP contribution is -2.13. The molecule has 5 heteroatoms. The third-order valence-corrected chi connectivity index (χ3v) is 5.26. The van der Waals surface area contributed by atoms with Gasteiger partial charge in [-0.2, -0.15) is 0 Å². The van der Waals surface area contributed by atoms with Gasteiger partial charge < -0.3 is 10.3 Å². The van der Waals surface area contributed by atoms with E-state index in [1.165, 1.54) is 10.4 Å². The van der Waals surface area contributed by atoms with E-state index in [0.717, 1.165) is 34.8 Å². The largest absolute Gasteiger partial charge is 0.389 e. The summed E-state index contributed by atoms with van der Waals surface area (Å²) < 4.78 is 3.00. The number of pyridine rings is 1. The molecule has 0 bridgehead atoms. The Labute approximate surface area is 144 Å². The molecule has 0 aliphatic carbocycles. The van der Waals surface area contributed by atoms with E-state index < -0.39 is 0 Å². The molecule has 1 aromatic carbocycles. The molecular formula is C17H16N2S3. The normalized spacial score (nSPS) is 10.9. The molecule has 0 unspecified atom stereocenters. The molecule has 2 heterocycles. The number of thiocarbonyl (C=S) groups is 1. The molecule has 2 aromatic heterocycles. The van der Waals surface area contributed by atoms with Crippen molar-refractivity contribution in [1.82, 2.24) is 4.57 Å². The lowest BCUT2D eigenvalue weighted by molar-refractivity contribution is 0.660. The summed E-state index contributed by atoms with van der Waals surface area (Å²) in [6.07, 6.45) is 4.13. The maximum Gasteiger partial charge on any atom is 0.106 e. The van der Waals surface area contributed by atoms with Gasteiger partial charge in [0.25, 0.3) is 0 Å². The first-order valence-corrected chi connectivity index (χ1v) is 8.81. The number of hydrogen-bond donors (Lipinski definition) is 1. The minimum atomic E-state index is 0.370. The molecule has 3 rings (SSSR count). The Bertz CT molecular complexity index is 862. The van der Waals surface area contributed by atoms with Crippen molar-refractivity contribution in [3.8, 4) is 0 Å². The first-order valence-electron chi connectivity index (χ1n) is 7.11. The molecule has 0 atom stereocenters. The van der Waals surface area contributed by atoms with E-state index in [1.54, 1.807) is 11.3 Å². The zero-order valence-corrected chi connectivity index (χ0v) is 14.4. The van der Waals surface area contributed by atoms with Crippen molar-refractivity contribution in [2.24, 2.45) is 5.73 Å². The van der Waals surface area contributed by atoms with Gasteiger partial charge in [0.2, 0.25) is 0 Å². The Morgan fingerprint density at radius 1 is 1.18 bits per heavy atom. The second-order valence-corrected chi connectivity index (χ2v) is 6.90. The number of nitrogens with zero attached hydrogens (tertiary/aromatic N) is 1. The fourth-order valence-electron chi connectivity index (χ4n) is 2.55. The van der Waals surface area contributed by atoms with E-state index in [-0.39, 0.29) is 0 Å². The molecule has 3 aromatic rings. The van der Waals surface area contributed by atoms with E-state index in [4.69, 9.17) is 30.2 Å². The summed E-state index contributed by atoms with van der Waals surface area (Å²) in [6, 6.07) is 12.6. The van der Waals surface area contributed by atoms with Crippen molar-refractivity contribution in [3.05, 3.63) is 63.6 Å². The third-order valence-electron chi connectivity index (χ3n) is 3.65. The van der Waals surface area contributed by atoms with E-state index in [9.17, 15) is 0 Å². The number of hydrogen-bond acceptors (Lipinski definition) is 3. The van der Waals surface area contributed by atoms with Gasteiger partial charge in [-0.15, -0.1) is 11.3 Å². The van der Waals surface area contributed by atoms with Gasteiger partial charge in [-0.3, -0.25) is 0 Å². The number of nitrogens with two attached hydrogens (primary N) is 1. The van der Waals surface area contributed by atoms with Gasteiger partial charge in [0.15, 0.2) is 0 Å². The Balaban J connectivity index is 1.87. The minimum Gasteiger partial charge on any atom is -0.389 e. The SMILES string of the molecule is NC(=S)c1cn(CCCc2ccccc2)c2sccc2c1=S. The zero-order chi connectivity index (χ0) is 15.5. The predicted octanol–water partition coefficient (Wildman–Crippen LogP) is 4.70. The van der Waals surface area contributed by atoms with E-state index in [0.29, 0.717) is 4.99 Å². The monoisotopic (exact) mass is 344 g/mol. The Morgan fingerprint density at radius 2 is 1.95 bits per heavy atom. The fourth-order valence-corrected chi connectivity index (χ4v) is 4.08. The van der Waals surface area contributed by atoms with Crippen molar-refractivity contribution < 1.29 is 0 Å². The van der Waals surface area contributed by atoms with Crippen molar-refractivity contribution in [3.63, 3.8) is 0 Å². The van der Waals surface area contributed by atoms with Crippen LogP contribution in [0.25, 0.3) is 10.2 Å². The highest BCUT2D eigenvalue weighted by Crippen LogP contribution is 2.25. The molecule has 0 amide bonds. The van der Waals surface area contributed by atoms with Gasteiger partial charge in [-0.05, 0) is 29.9 Å². The molecule has 0 fully saturated rings. The lowest BCUT2D eigenvalue weighted by atomic mass is 10.1. The second-order valence-electron chi connectivity index (χ2n) is 5.16. The maximum absolute atomic E-state index is 5.82. The number of benzene rings is 1. The highest BCUT2D eigenvalue weighted by molar-refractivity contribution is 7.80. The molecule has 0 spiro atoms. The standard InChI is InChI=1S/C17H16N2S3/c18-16(21)14-11-19(17-13(15(14)20)8-10-22-17)9-4-7-12-5-2-1-3-6-12/h1-3,5-6,8,10-11H,4,7,9H2,(H2,18,21). The minimum absolute atomic E-state index is 0.370. The smallest absolute Gasteiger partial charge is 0.106 e. The summed E-state index contributed by atoms with van der Waals surface area (Å²) in [7, 11) is 0. The molecule has 22 heavy (non-hydrogen) atoms. The number of aryl methyl sites for hydroxylation is 2. The van der Waals surface area contributed by atoms with E-state index >= 15 is 0 Å². The van der Waals surface area contributed by atoms with E-state index in [1.807, 2.05) is 12.3 Å². The average molecular weight is 345 g/mol. The molecule has 2 N–H and O–H groups in total. The van der Waals surface area contributed by atoms with Crippen LogP contribution in [-0.2, 0) is 13.0 Å². The van der Waals surface area contributed by atoms with Gasteiger partial charge in [-0.25, -0.2) is 0 Å². The van der Waals surface area contributed by atoms with Crippen LogP contribution >= 0.6 is 35.8 Å². The van der Waals surface area contributed by atoms with Crippen LogP contribution in [0.15, 0.2) is 48.0 Å². The number of fused-ring (bicyclic) bond motifs is 1. The number of aromatic nitrogens is 1. The maximum atomic E-state index is 5.82. The average Bonchev–Trinajstić information content (AvgIpc) is 3.00. The molecule has 112 valence electrons. The van der Waals surface area contributed by atoms with Crippen LogP contribution in [0.4, 0.5) is 0 Å². The first kappa shape index (κ1) is 15.3. The highest BCUT2D eigenvalue weighted by Gasteiger charge is 2.09. The van der Waals surface area contributed by atoms with Crippen LogP contribution in [0.2, 0.25) is 0 Å². The topological polar surface area (TPSA) is 30.9 Å². The summed E-state index contributed by atoms with van der Waals surface area (Å²) in [6.45, 7) is 0.928. The molecule has 2 nitrogen and oxygen atoms in total. The molecule has 0 radical (unpaired) electrons. The lowest BCUT2D eigenvalue weighted by Gasteiger charge is -2.11. The molecular weight excluding hydrogens is 328 g/mol. The Hall–Kier alpha value is -1.56. The summed E-state index contributed by atoms with van der Waals surface area (Å²) in [5.74, 6) is 0. The summed E-state index contributed by atoms with van der Waals surface area (Å²) >= 11 is 12.3. The zero-order valence-electron chi connectivity index (χ0n) is 12.0. The molecule has 0 saturated heterocycles. The van der Waals surface area contributed by atoms with Gasteiger partial charge in [-0.1, -0.05) is 54.8 Å². The van der Waals surface area contributed by atoms with Crippen molar-refractivity contribution in [2.45, 2.75) is 19.4 Å². The van der Waals surface area contributed by atoms with Crippen LogP contribution in [0.3, 0.4) is 0 Å². The fraction of sp³-hybridized carbons (Fsp3) is 0.176. The van der Waals surface area contributed by atoms with Crippen LogP contribution in [-0.4, -0.2) is 9.56 Å². The van der Waals surface area contributed by atoms with Gasteiger partial charge in [0.05, 0.1) is 4.51 Å². The van der Waals surface area contributed by atoms with Crippen molar-refractivity contribution in [1.29, 1.82) is 0 Å². The quantitative estimate of drug-likeness (QED) is 0.681. The Morgan fingerprint density at radius 3 is 2.68 bits per heavy atom. The molecule has 0 saturated carbocycles. The third kappa shape index (κ3) is 3.11. The van der Waals surface area contributed by atoms with Gasteiger partial charge in [0, 0.05) is 23.7 Å². The van der Waals surface area contributed by atoms with Crippen LogP contribution in [0, 0.1) is 4.51 Å². The molecule has 0 aliphatic rings. The highest BCUT2D eigenvalue weighted by atomic mass is 32.1. The van der Waals surface area contributed by atoms with Gasteiger partial charge in [0.1, 0.15) is 9.82 Å². The van der Waals surface area contributed by atoms with Crippen molar-refractivity contribution in [2.75, 3.05) is 0 Å². The van der Waals surface area contributed by atoms with Crippen LogP contribution in [0.1, 0.15) is 17.5 Å². The van der Waals surface area contributed by atoms with Crippen LogP contribution in [0.5, 0.6) is 0 Å². The second kappa shape index (κ2) is 6.69. The molecule has 0 aliphatic heterocycles. The van der Waals surface area contributed by atoms with Gasteiger partial charge >= 0.3 is 0 Å². The van der Waals surface area contributed by atoms with Crippen LogP contribution < -0.4 is 5.73 Å². The Kier molecular flexibility index (Phi) is 4.66.